The number of rotatable bonds is 2. The van der Waals surface area contributed by atoms with Gasteiger partial charge in [-0.25, -0.2) is 0 Å². The molecule has 2 N–H and O–H groups in total. The largest absolute Gasteiger partial charge is 0.360 e. The van der Waals surface area contributed by atoms with Crippen molar-refractivity contribution >= 4 is 45.9 Å². The molecule has 0 aliphatic carbocycles. The van der Waals surface area contributed by atoms with E-state index in [1.807, 2.05) is 31.4 Å². The van der Waals surface area contributed by atoms with Crippen LogP contribution >= 0.6 is 35.8 Å². The fourth-order valence-electron chi connectivity index (χ4n) is 0.871. The molecule has 1 heterocycles. The van der Waals surface area contributed by atoms with Gasteiger partial charge in [0.25, 0.3) is 0 Å². The lowest BCUT2D eigenvalue weighted by atomic mass is 10.4. The van der Waals surface area contributed by atoms with E-state index in [-0.39, 0.29) is 0 Å². The average Bonchev–Trinajstić information content (AvgIpc) is 2.53. The molecule has 76 valence electrons. The van der Waals surface area contributed by atoms with Crippen LogP contribution < -0.4 is 10.6 Å². The second kappa shape index (κ2) is 5.38. The topological polar surface area (TPSA) is 24.1 Å². The Hall–Kier alpha value is -0.520. The van der Waals surface area contributed by atoms with Crippen molar-refractivity contribution in [3.05, 3.63) is 22.4 Å². The standard InChI is InChI=1S/C9H12N2S3/c1-6(2)10-9(13)11-8(12)7-4-3-5-14-7/h3-6H,1-2H3,(H2,10,11,12,13). The SMILES string of the molecule is CC(C)NC(=S)NC(=S)c1cccs1. The molecule has 0 aliphatic heterocycles. The van der Waals surface area contributed by atoms with Gasteiger partial charge in [-0.3, -0.25) is 0 Å². The van der Waals surface area contributed by atoms with Gasteiger partial charge >= 0.3 is 0 Å². The van der Waals surface area contributed by atoms with Crippen molar-refractivity contribution < 1.29 is 0 Å². The van der Waals surface area contributed by atoms with Gasteiger partial charge in [-0.05, 0) is 37.5 Å². The Morgan fingerprint density at radius 1 is 1.43 bits per heavy atom. The zero-order valence-corrected chi connectivity index (χ0v) is 10.5. The molecular formula is C9H12N2S3. The monoisotopic (exact) mass is 244 g/mol. The second-order valence-corrected chi connectivity index (χ2v) is 4.82. The molecule has 0 amide bonds. The molecule has 0 aliphatic rings. The van der Waals surface area contributed by atoms with Crippen LogP contribution in [0.25, 0.3) is 0 Å². The Bertz CT molecular complexity index is 317. The molecule has 1 aromatic rings. The molecule has 0 fully saturated rings. The van der Waals surface area contributed by atoms with Gasteiger partial charge in [-0.1, -0.05) is 18.3 Å². The van der Waals surface area contributed by atoms with Crippen molar-refractivity contribution in [3.63, 3.8) is 0 Å². The van der Waals surface area contributed by atoms with Gasteiger partial charge in [-0.2, -0.15) is 0 Å². The first kappa shape index (κ1) is 11.6. The van der Waals surface area contributed by atoms with Crippen molar-refractivity contribution in [3.8, 4) is 0 Å². The highest BCUT2D eigenvalue weighted by Gasteiger charge is 2.04. The Labute approximate surface area is 98.7 Å². The van der Waals surface area contributed by atoms with E-state index in [2.05, 4.69) is 10.6 Å². The van der Waals surface area contributed by atoms with Crippen molar-refractivity contribution in [1.29, 1.82) is 0 Å². The molecule has 0 radical (unpaired) electrons. The van der Waals surface area contributed by atoms with Crippen LogP contribution in [0.5, 0.6) is 0 Å². The summed E-state index contributed by atoms with van der Waals surface area (Å²) in [6.07, 6.45) is 0. The molecule has 0 bridgehead atoms. The van der Waals surface area contributed by atoms with Gasteiger partial charge < -0.3 is 10.6 Å². The third-order valence-electron chi connectivity index (χ3n) is 1.39. The van der Waals surface area contributed by atoms with Gasteiger partial charge in [0.05, 0.1) is 4.88 Å². The molecule has 2 nitrogen and oxygen atoms in total. The minimum absolute atomic E-state index is 0.320. The van der Waals surface area contributed by atoms with Crippen LogP contribution in [-0.4, -0.2) is 16.1 Å². The predicted molar refractivity (Wildman–Crippen MR) is 70.0 cm³/mol. The smallest absolute Gasteiger partial charge is 0.171 e. The van der Waals surface area contributed by atoms with Crippen LogP contribution in [0.15, 0.2) is 17.5 Å². The van der Waals surface area contributed by atoms with Gasteiger partial charge in [0.15, 0.2) is 5.11 Å². The number of hydrogen-bond acceptors (Lipinski definition) is 3. The number of thiocarbonyl (C=S) groups is 2. The maximum Gasteiger partial charge on any atom is 0.171 e. The average molecular weight is 244 g/mol. The quantitative estimate of drug-likeness (QED) is 0.780. The fraction of sp³-hybridized carbons (Fsp3) is 0.333. The number of hydrogen-bond donors (Lipinski definition) is 2. The summed E-state index contributed by atoms with van der Waals surface area (Å²) < 4.78 is 0. The minimum Gasteiger partial charge on any atom is -0.360 e. The maximum atomic E-state index is 5.18. The summed E-state index contributed by atoms with van der Waals surface area (Å²) in [7, 11) is 0. The lowest BCUT2D eigenvalue weighted by Crippen LogP contribution is -2.41. The summed E-state index contributed by atoms with van der Waals surface area (Å²) in [5.41, 5.74) is 0. The molecule has 0 atom stereocenters. The summed E-state index contributed by atoms with van der Waals surface area (Å²) in [4.78, 5) is 1.71. The summed E-state index contributed by atoms with van der Waals surface area (Å²) in [6, 6.07) is 4.26. The van der Waals surface area contributed by atoms with Gasteiger partial charge in [-0.15, -0.1) is 11.3 Å². The summed E-state index contributed by atoms with van der Waals surface area (Å²) in [6.45, 7) is 4.06. The van der Waals surface area contributed by atoms with Crippen molar-refractivity contribution in [2.45, 2.75) is 19.9 Å². The second-order valence-electron chi connectivity index (χ2n) is 3.06. The van der Waals surface area contributed by atoms with Crippen molar-refractivity contribution in [2.24, 2.45) is 0 Å². The minimum atomic E-state index is 0.320. The van der Waals surface area contributed by atoms with Crippen LogP contribution in [-0.2, 0) is 0 Å². The number of nitrogens with one attached hydrogen (secondary N) is 2. The maximum absolute atomic E-state index is 5.18. The van der Waals surface area contributed by atoms with E-state index in [9.17, 15) is 0 Å². The Morgan fingerprint density at radius 2 is 2.14 bits per heavy atom. The van der Waals surface area contributed by atoms with Gasteiger partial charge in [0.2, 0.25) is 0 Å². The van der Waals surface area contributed by atoms with Crippen molar-refractivity contribution in [2.75, 3.05) is 0 Å². The molecular weight excluding hydrogens is 232 g/mol. The van der Waals surface area contributed by atoms with Gasteiger partial charge in [0.1, 0.15) is 4.99 Å². The first-order valence-corrected chi connectivity index (χ1v) is 5.94. The molecule has 5 heteroatoms. The summed E-state index contributed by atoms with van der Waals surface area (Å²) in [5, 5.41) is 8.62. The Kier molecular flexibility index (Phi) is 4.44. The lowest BCUT2D eigenvalue weighted by Gasteiger charge is -2.12. The first-order chi connectivity index (χ1) is 6.59. The Morgan fingerprint density at radius 3 is 2.64 bits per heavy atom. The van der Waals surface area contributed by atoms with Gasteiger partial charge in [0, 0.05) is 6.04 Å². The van der Waals surface area contributed by atoms with Crippen LogP contribution in [0.4, 0.5) is 0 Å². The molecule has 0 saturated heterocycles. The highest BCUT2D eigenvalue weighted by Crippen LogP contribution is 2.08. The molecule has 0 spiro atoms. The van der Waals surface area contributed by atoms with E-state index in [1.54, 1.807) is 11.3 Å². The van der Waals surface area contributed by atoms with Crippen molar-refractivity contribution in [1.82, 2.24) is 10.6 Å². The van der Waals surface area contributed by atoms with E-state index in [1.165, 1.54) is 0 Å². The van der Waals surface area contributed by atoms with E-state index in [4.69, 9.17) is 24.4 Å². The van der Waals surface area contributed by atoms with E-state index in [0.717, 1.165) is 4.88 Å². The highest BCUT2D eigenvalue weighted by atomic mass is 32.1. The molecule has 0 unspecified atom stereocenters. The highest BCUT2D eigenvalue weighted by molar-refractivity contribution is 7.82. The zero-order valence-electron chi connectivity index (χ0n) is 8.03. The van der Waals surface area contributed by atoms with E-state index in [0.29, 0.717) is 16.1 Å². The third kappa shape index (κ3) is 3.69. The summed E-state index contributed by atoms with van der Waals surface area (Å²) >= 11 is 11.9. The number of thiophene rings is 1. The van der Waals surface area contributed by atoms with Crippen LogP contribution in [0.3, 0.4) is 0 Å². The first-order valence-electron chi connectivity index (χ1n) is 4.25. The predicted octanol–water partition coefficient (Wildman–Crippen LogP) is 2.30. The molecule has 14 heavy (non-hydrogen) atoms. The molecule has 0 aromatic carbocycles. The fourth-order valence-corrected chi connectivity index (χ4v) is 2.21. The zero-order chi connectivity index (χ0) is 10.6. The van der Waals surface area contributed by atoms with Crippen LogP contribution in [0.1, 0.15) is 18.7 Å². The molecule has 1 aromatic heterocycles. The molecule has 1 rings (SSSR count). The Balaban J connectivity index is 2.46. The van der Waals surface area contributed by atoms with E-state index >= 15 is 0 Å². The van der Waals surface area contributed by atoms with E-state index < -0.39 is 0 Å². The third-order valence-corrected chi connectivity index (χ3v) is 2.95. The van der Waals surface area contributed by atoms with Crippen LogP contribution in [0.2, 0.25) is 0 Å². The molecule has 0 saturated carbocycles. The lowest BCUT2D eigenvalue weighted by molar-refractivity contribution is 0.731. The normalized spacial score (nSPS) is 9.93. The summed E-state index contributed by atoms with van der Waals surface area (Å²) in [5.74, 6) is 0. The van der Waals surface area contributed by atoms with Crippen LogP contribution in [0, 0.1) is 0 Å².